The van der Waals surface area contributed by atoms with Crippen molar-refractivity contribution in [3.8, 4) is 0 Å². The predicted octanol–water partition coefficient (Wildman–Crippen LogP) is 2.28. The molecule has 2 aliphatic rings. The van der Waals surface area contributed by atoms with Gasteiger partial charge in [0.15, 0.2) is 0 Å². The molecule has 1 aromatic rings. The zero-order valence-electron chi connectivity index (χ0n) is 11.8. The van der Waals surface area contributed by atoms with E-state index in [9.17, 15) is 0 Å². The van der Waals surface area contributed by atoms with Gasteiger partial charge in [0.25, 0.3) is 0 Å². The maximum absolute atomic E-state index is 6.42. The Morgan fingerprint density at radius 3 is 2.63 bits per heavy atom. The van der Waals surface area contributed by atoms with Crippen LogP contribution in [-0.2, 0) is 6.54 Å². The average Bonchev–Trinajstić information content (AvgIpc) is 3.02. The van der Waals surface area contributed by atoms with E-state index in [1.54, 1.807) is 0 Å². The fourth-order valence-corrected chi connectivity index (χ4v) is 4.08. The molecule has 1 aromatic heterocycles. The maximum atomic E-state index is 6.42. The third-order valence-electron chi connectivity index (χ3n) is 5.23. The average molecular weight is 259 g/mol. The Balaban J connectivity index is 1.61. The second-order valence-corrected chi connectivity index (χ2v) is 6.26. The molecule has 0 aromatic carbocycles. The number of fused-ring (bicyclic) bond motifs is 2. The highest BCUT2D eigenvalue weighted by Crippen LogP contribution is 2.47. The van der Waals surface area contributed by atoms with Crippen LogP contribution >= 0.6 is 0 Å². The molecule has 3 heteroatoms. The van der Waals surface area contributed by atoms with E-state index in [2.05, 4.69) is 28.9 Å². The van der Waals surface area contributed by atoms with E-state index in [0.717, 1.165) is 30.8 Å². The second kappa shape index (κ2) is 5.59. The third-order valence-corrected chi connectivity index (χ3v) is 5.23. The number of rotatable bonds is 5. The zero-order valence-corrected chi connectivity index (χ0v) is 11.8. The largest absolute Gasteiger partial charge is 0.327 e. The number of pyridine rings is 1. The minimum absolute atomic E-state index is 0.449. The summed E-state index contributed by atoms with van der Waals surface area (Å²) in [6.07, 6.45) is 7.94. The van der Waals surface area contributed by atoms with Crippen LogP contribution in [0.2, 0.25) is 0 Å². The summed E-state index contributed by atoms with van der Waals surface area (Å²) in [4.78, 5) is 6.63. The lowest BCUT2D eigenvalue weighted by molar-refractivity contribution is 0.174. The van der Waals surface area contributed by atoms with Gasteiger partial charge in [-0.2, -0.15) is 0 Å². The molecule has 0 radical (unpaired) electrons. The van der Waals surface area contributed by atoms with Crippen LogP contribution in [0.4, 0.5) is 0 Å². The minimum atomic E-state index is 0.449. The van der Waals surface area contributed by atoms with Gasteiger partial charge in [-0.15, -0.1) is 0 Å². The summed E-state index contributed by atoms with van der Waals surface area (Å²) >= 11 is 0. The number of hydrogen-bond acceptors (Lipinski definition) is 3. The molecule has 4 unspecified atom stereocenters. The van der Waals surface area contributed by atoms with Crippen LogP contribution in [0.5, 0.6) is 0 Å². The molecule has 2 aliphatic carbocycles. The second-order valence-electron chi connectivity index (χ2n) is 6.26. The molecule has 0 aliphatic heterocycles. The van der Waals surface area contributed by atoms with Gasteiger partial charge >= 0.3 is 0 Å². The quantitative estimate of drug-likeness (QED) is 0.882. The number of aromatic nitrogens is 1. The monoisotopic (exact) mass is 259 g/mol. The van der Waals surface area contributed by atoms with Gasteiger partial charge in [-0.25, -0.2) is 0 Å². The van der Waals surface area contributed by atoms with Gasteiger partial charge in [0, 0.05) is 31.5 Å². The van der Waals surface area contributed by atoms with Gasteiger partial charge in [-0.3, -0.25) is 9.88 Å². The molecule has 0 spiro atoms. The molecule has 19 heavy (non-hydrogen) atoms. The molecule has 4 atom stereocenters. The molecule has 2 bridgehead atoms. The number of nitrogens with zero attached hydrogens (tertiary/aromatic N) is 2. The molecule has 1 heterocycles. The highest BCUT2D eigenvalue weighted by molar-refractivity contribution is 5.09. The summed E-state index contributed by atoms with van der Waals surface area (Å²) in [5, 5.41) is 0. The number of hydrogen-bond donors (Lipinski definition) is 1. The van der Waals surface area contributed by atoms with Crippen molar-refractivity contribution in [2.75, 3.05) is 13.1 Å². The van der Waals surface area contributed by atoms with Crippen LogP contribution in [0.3, 0.4) is 0 Å². The summed E-state index contributed by atoms with van der Waals surface area (Å²) in [5.74, 6) is 2.43. The molecule has 0 amide bonds. The van der Waals surface area contributed by atoms with Gasteiger partial charge < -0.3 is 5.73 Å². The van der Waals surface area contributed by atoms with E-state index in [1.165, 1.54) is 31.4 Å². The van der Waals surface area contributed by atoms with Crippen LogP contribution in [-0.4, -0.2) is 29.0 Å². The number of nitrogens with two attached hydrogens (primary N) is 1. The van der Waals surface area contributed by atoms with Crippen molar-refractivity contribution >= 4 is 0 Å². The van der Waals surface area contributed by atoms with E-state index in [1.807, 2.05) is 12.4 Å². The summed E-state index contributed by atoms with van der Waals surface area (Å²) in [6, 6.07) is 4.68. The van der Waals surface area contributed by atoms with Gasteiger partial charge in [-0.05, 0) is 61.3 Å². The standard InChI is InChI=1S/C16H25N3/c1-2-19(10-12-5-7-18-8-6-12)11-15-13-3-4-14(9-13)16(15)17/h5-8,13-16H,2-4,9-11,17H2,1H3. The first-order valence-electron chi connectivity index (χ1n) is 7.64. The highest BCUT2D eigenvalue weighted by atomic mass is 15.1. The van der Waals surface area contributed by atoms with Gasteiger partial charge in [0.1, 0.15) is 0 Å². The normalized spacial score (nSPS) is 33.2. The third kappa shape index (κ3) is 2.67. The zero-order chi connectivity index (χ0) is 13.2. The molecule has 104 valence electrons. The summed E-state index contributed by atoms with van der Waals surface area (Å²) < 4.78 is 0. The van der Waals surface area contributed by atoms with Gasteiger partial charge in [0.2, 0.25) is 0 Å². The van der Waals surface area contributed by atoms with Gasteiger partial charge in [-0.1, -0.05) is 6.92 Å². The fourth-order valence-electron chi connectivity index (χ4n) is 4.08. The van der Waals surface area contributed by atoms with Crippen molar-refractivity contribution in [2.24, 2.45) is 23.5 Å². The molecule has 0 saturated heterocycles. The first-order valence-corrected chi connectivity index (χ1v) is 7.64. The Kier molecular flexibility index (Phi) is 3.85. The molecule has 3 rings (SSSR count). The van der Waals surface area contributed by atoms with Crippen molar-refractivity contribution in [3.63, 3.8) is 0 Å². The predicted molar refractivity (Wildman–Crippen MR) is 77.5 cm³/mol. The lowest BCUT2D eigenvalue weighted by Gasteiger charge is -2.33. The SMILES string of the molecule is CCN(Cc1ccncc1)CC1C2CCC(C2)C1N. The Hall–Kier alpha value is -0.930. The van der Waals surface area contributed by atoms with Crippen LogP contribution in [0.25, 0.3) is 0 Å². The topological polar surface area (TPSA) is 42.2 Å². The van der Waals surface area contributed by atoms with Crippen LogP contribution in [0.1, 0.15) is 31.7 Å². The summed E-state index contributed by atoms with van der Waals surface area (Å²) in [6.45, 7) is 5.55. The van der Waals surface area contributed by atoms with Crippen molar-refractivity contribution in [2.45, 2.75) is 38.8 Å². The van der Waals surface area contributed by atoms with Crippen LogP contribution in [0.15, 0.2) is 24.5 Å². The van der Waals surface area contributed by atoms with Crippen LogP contribution < -0.4 is 5.73 Å². The molecular weight excluding hydrogens is 234 g/mol. The van der Waals surface area contributed by atoms with E-state index in [0.29, 0.717) is 6.04 Å². The first-order chi connectivity index (χ1) is 9.28. The fraction of sp³-hybridized carbons (Fsp3) is 0.688. The van der Waals surface area contributed by atoms with Crippen molar-refractivity contribution in [1.82, 2.24) is 9.88 Å². The smallest absolute Gasteiger partial charge is 0.0271 e. The molecular formula is C16H25N3. The lowest BCUT2D eigenvalue weighted by atomic mass is 9.84. The summed E-state index contributed by atoms with van der Waals surface area (Å²) in [7, 11) is 0. The van der Waals surface area contributed by atoms with Crippen molar-refractivity contribution in [3.05, 3.63) is 30.1 Å². The Morgan fingerprint density at radius 1 is 1.26 bits per heavy atom. The Labute approximate surface area is 116 Å². The molecule has 2 N–H and O–H groups in total. The highest BCUT2D eigenvalue weighted by Gasteiger charge is 2.45. The van der Waals surface area contributed by atoms with E-state index < -0.39 is 0 Å². The molecule has 2 fully saturated rings. The molecule has 3 nitrogen and oxygen atoms in total. The molecule has 2 saturated carbocycles. The minimum Gasteiger partial charge on any atom is -0.327 e. The van der Waals surface area contributed by atoms with E-state index in [4.69, 9.17) is 5.73 Å². The maximum Gasteiger partial charge on any atom is 0.0271 e. The van der Waals surface area contributed by atoms with E-state index in [-0.39, 0.29) is 0 Å². The Bertz CT molecular complexity index is 404. The van der Waals surface area contributed by atoms with Gasteiger partial charge in [0.05, 0.1) is 0 Å². The summed E-state index contributed by atoms with van der Waals surface area (Å²) in [5.41, 5.74) is 7.78. The lowest BCUT2D eigenvalue weighted by Crippen LogP contribution is -2.42. The van der Waals surface area contributed by atoms with Crippen molar-refractivity contribution in [1.29, 1.82) is 0 Å². The Morgan fingerprint density at radius 2 is 2.00 bits per heavy atom. The van der Waals surface area contributed by atoms with Crippen molar-refractivity contribution < 1.29 is 0 Å². The first kappa shape index (κ1) is 13.1. The van der Waals surface area contributed by atoms with Crippen LogP contribution in [0, 0.1) is 17.8 Å². The van der Waals surface area contributed by atoms with E-state index >= 15 is 0 Å².